The fraction of sp³-hybridized carbons (Fsp3) is 0.385. The number of hydrogen-bond donors (Lipinski definition) is 6. The highest BCUT2D eigenvalue weighted by atomic mass is 35.5. The van der Waals surface area contributed by atoms with E-state index in [2.05, 4.69) is 15.4 Å². The van der Waals surface area contributed by atoms with E-state index in [1.807, 2.05) is 53.7 Å². The van der Waals surface area contributed by atoms with Crippen LogP contribution in [0.3, 0.4) is 0 Å². The summed E-state index contributed by atoms with van der Waals surface area (Å²) in [7, 11) is 3.62. The lowest BCUT2D eigenvalue weighted by Gasteiger charge is -2.17. The predicted octanol–water partition coefficient (Wildman–Crippen LogP) is 5.18. The average molecular weight is 1020 g/mol. The van der Waals surface area contributed by atoms with Crippen molar-refractivity contribution in [3.05, 3.63) is 139 Å². The number of fused-ring (bicyclic) bond motifs is 3. The van der Waals surface area contributed by atoms with Crippen molar-refractivity contribution in [1.82, 2.24) is 29.8 Å². The molecule has 0 aliphatic heterocycles. The van der Waals surface area contributed by atoms with Gasteiger partial charge in [-0.2, -0.15) is 0 Å². The number of amides is 3. The van der Waals surface area contributed by atoms with Crippen molar-refractivity contribution in [2.24, 2.45) is 16.6 Å². The molecule has 19 nitrogen and oxygen atoms in total. The maximum absolute atomic E-state index is 12.6. The van der Waals surface area contributed by atoms with Gasteiger partial charge in [0.1, 0.15) is 0 Å². The van der Waals surface area contributed by atoms with Crippen molar-refractivity contribution < 1.29 is 43.8 Å². The number of ether oxygens (including phenoxy) is 2. The van der Waals surface area contributed by atoms with E-state index in [1.54, 1.807) is 92.4 Å². The van der Waals surface area contributed by atoms with Crippen LogP contribution in [0.4, 0.5) is 0 Å². The monoisotopic (exact) mass is 1020 g/mol. The van der Waals surface area contributed by atoms with Gasteiger partial charge >= 0.3 is 11.9 Å². The van der Waals surface area contributed by atoms with E-state index in [9.17, 15) is 38.4 Å². The maximum Gasteiger partial charge on any atom is 0.337 e. The largest absolute Gasteiger partial charge is 0.465 e. The molecule has 0 aliphatic carbocycles. The third-order valence-corrected chi connectivity index (χ3v) is 10.8. The molecule has 0 atom stereocenters. The van der Waals surface area contributed by atoms with Crippen LogP contribution in [-0.2, 0) is 38.7 Å². The summed E-state index contributed by atoms with van der Waals surface area (Å²) < 4.78 is 14.1. The van der Waals surface area contributed by atoms with Gasteiger partial charge < -0.3 is 44.6 Å². The van der Waals surface area contributed by atoms with Crippen LogP contribution in [0.2, 0.25) is 0 Å². The number of nitrogens with two attached hydrogens (primary N) is 1. The second kappa shape index (κ2) is 28.6. The number of carbonyl (C=O) groups excluding carboxylic acids is 5. The summed E-state index contributed by atoms with van der Waals surface area (Å²) in [6, 6.07) is 20.1. The molecule has 3 aromatic heterocycles. The minimum Gasteiger partial charge on any atom is -0.465 e. The van der Waals surface area contributed by atoms with Crippen molar-refractivity contribution in [3.63, 3.8) is 0 Å². The van der Waals surface area contributed by atoms with Crippen LogP contribution >= 0.6 is 12.4 Å². The third kappa shape index (κ3) is 17.0. The molecule has 0 aliphatic rings. The summed E-state index contributed by atoms with van der Waals surface area (Å²) >= 11 is 0. The van der Waals surface area contributed by atoms with Gasteiger partial charge in [0.05, 0.1) is 25.3 Å². The number of aliphatic hydroxyl groups is 1. The van der Waals surface area contributed by atoms with Crippen LogP contribution < -0.4 is 38.5 Å². The van der Waals surface area contributed by atoms with Gasteiger partial charge in [-0.25, -0.2) is 15.1 Å². The summed E-state index contributed by atoms with van der Waals surface area (Å²) in [6.07, 6.45) is 7.17. The smallest absolute Gasteiger partial charge is 0.337 e. The first-order valence-electron chi connectivity index (χ1n) is 22.9. The van der Waals surface area contributed by atoms with E-state index in [1.165, 1.54) is 20.3 Å². The molecule has 0 spiro atoms. The van der Waals surface area contributed by atoms with Gasteiger partial charge in [0, 0.05) is 91.0 Å². The summed E-state index contributed by atoms with van der Waals surface area (Å²) in [4.78, 5) is 95.7. The quantitative estimate of drug-likeness (QED) is 0.0356. The van der Waals surface area contributed by atoms with E-state index >= 15 is 0 Å². The SMILES string of the molecule is CC(C)(C)C(=O)NCCCn1ccc2ccc(C(=O)NO)cc2c1=O.CO.COC(=O)c1ccc2ccn(CCCN)c(=O)c2c1.COC(=O)c1ccc2ccn(CCCNC(=O)C(C)(C)C)c(=O)c2c1.Cl. The minimum atomic E-state index is -0.665. The Kier molecular flexibility index (Phi) is 24.2. The number of carbonyl (C=O) groups is 5. The van der Waals surface area contributed by atoms with Crippen molar-refractivity contribution in [2.75, 3.05) is 41.0 Å². The molecule has 0 saturated heterocycles. The Bertz CT molecular complexity index is 2860. The molecular weight excluding hydrogens is 950 g/mol. The summed E-state index contributed by atoms with van der Waals surface area (Å²) in [6.45, 7) is 14.1. The first-order chi connectivity index (χ1) is 33.6. The lowest BCUT2D eigenvalue weighted by Crippen LogP contribution is -2.35. The predicted molar refractivity (Wildman–Crippen MR) is 280 cm³/mol. The zero-order valence-electron chi connectivity index (χ0n) is 42.3. The van der Waals surface area contributed by atoms with Crippen LogP contribution in [0, 0.1) is 10.8 Å². The van der Waals surface area contributed by atoms with Gasteiger partial charge in [-0.15, -0.1) is 12.4 Å². The lowest BCUT2D eigenvalue weighted by molar-refractivity contribution is -0.129. The van der Waals surface area contributed by atoms with Crippen LogP contribution in [0.25, 0.3) is 32.3 Å². The Balaban J connectivity index is 0.000000365. The van der Waals surface area contributed by atoms with Crippen LogP contribution in [0.5, 0.6) is 0 Å². The molecule has 0 unspecified atom stereocenters. The highest BCUT2D eigenvalue weighted by molar-refractivity contribution is 5.98. The molecule has 3 heterocycles. The number of esters is 2. The van der Waals surface area contributed by atoms with E-state index in [4.69, 9.17) is 20.8 Å². The van der Waals surface area contributed by atoms with Gasteiger partial charge in [-0.1, -0.05) is 59.7 Å². The van der Waals surface area contributed by atoms with Crippen molar-refractivity contribution >= 4 is 74.4 Å². The number of rotatable bonds is 14. The number of nitrogens with zero attached hydrogens (tertiary/aromatic N) is 3. The lowest BCUT2D eigenvalue weighted by atomic mass is 9.96. The van der Waals surface area contributed by atoms with Crippen molar-refractivity contribution in [2.45, 2.75) is 80.4 Å². The number of aryl methyl sites for hydroxylation is 3. The van der Waals surface area contributed by atoms with Gasteiger partial charge in [0.2, 0.25) is 11.8 Å². The van der Waals surface area contributed by atoms with Gasteiger partial charge in [-0.3, -0.25) is 34.0 Å². The second-order valence-electron chi connectivity index (χ2n) is 18.1. The van der Waals surface area contributed by atoms with Gasteiger partial charge in [-0.05, 0) is 96.6 Å². The maximum atomic E-state index is 12.6. The molecule has 3 amide bonds. The fourth-order valence-electron chi connectivity index (χ4n) is 6.76. The Morgan fingerprint density at radius 3 is 1.17 bits per heavy atom. The number of methoxy groups -OCH3 is 2. The normalized spacial score (nSPS) is 10.8. The topological polar surface area (TPSA) is 272 Å². The van der Waals surface area contributed by atoms with Gasteiger partial charge in [0.25, 0.3) is 22.6 Å². The van der Waals surface area contributed by atoms with Crippen LogP contribution in [0.1, 0.15) is 91.9 Å². The molecule has 0 saturated carbocycles. The van der Waals surface area contributed by atoms with E-state index in [0.717, 1.165) is 29.7 Å². The number of halogens is 1. The van der Waals surface area contributed by atoms with Crippen LogP contribution in [-0.4, -0.2) is 94.6 Å². The summed E-state index contributed by atoms with van der Waals surface area (Å²) in [5.74, 6) is -1.62. The standard InChI is InChI=1S/C19H24N2O4.C18H23N3O4.C14H16N2O3.CH4O.ClH/c1-19(2,3)18(24)20-9-5-10-21-11-8-13-6-7-14(17(23)25-4)12-15(13)16(21)22;1-18(2,3)17(24)19-8-4-9-21-10-7-12-5-6-13(15(22)20-25)11-14(12)16(21)23;1-19-14(18)11-4-3-10-5-8-16(7-2-6-15)13(17)12(10)9-11;1-2;/h6-8,11-12H,5,9-10H2,1-4H3,(H,20,24);5-7,10-11,25H,4,8-9H2,1-3H3,(H,19,24)(H,20,22);3-5,8-9H,2,6-7,15H2,1H3;2H,1H3;1H. The summed E-state index contributed by atoms with van der Waals surface area (Å²) in [5, 5.41) is 25.1. The molecule has 390 valence electrons. The Morgan fingerprint density at radius 2 is 0.861 bits per heavy atom. The molecule has 0 radical (unpaired) electrons. The highest BCUT2D eigenvalue weighted by Gasteiger charge is 2.21. The molecule has 7 N–H and O–H groups in total. The Hall–Kier alpha value is -7.19. The Labute approximate surface area is 423 Å². The molecule has 6 aromatic rings. The first kappa shape index (κ1) is 60.9. The molecule has 0 bridgehead atoms. The first-order valence-corrected chi connectivity index (χ1v) is 22.9. The highest BCUT2D eigenvalue weighted by Crippen LogP contribution is 2.17. The number of hydrogen-bond acceptors (Lipinski definition) is 13. The van der Waals surface area contributed by atoms with Gasteiger partial charge in [0.15, 0.2) is 0 Å². The fourth-order valence-corrected chi connectivity index (χ4v) is 6.76. The Morgan fingerprint density at radius 1 is 0.542 bits per heavy atom. The molecule has 20 heteroatoms. The number of pyridine rings is 3. The van der Waals surface area contributed by atoms with E-state index in [0.29, 0.717) is 79.4 Å². The van der Waals surface area contributed by atoms with Crippen molar-refractivity contribution in [3.8, 4) is 0 Å². The average Bonchev–Trinajstić information content (AvgIpc) is 3.36. The molecule has 6 rings (SSSR count). The van der Waals surface area contributed by atoms with Crippen molar-refractivity contribution in [1.29, 1.82) is 0 Å². The molecule has 72 heavy (non-hydrogen) atoms. The zero-order valence-corrected chi connectivity index (χ0v) is 43.1. The zero-order chi connectivity index (χ0) is 53.1. The molecule has 0 fully saturated rings. The number of aromatic nitrogens is 3. The minimum absolute atomic E-state index is 0. The van der Waals surface area contributed by atoms with E-state index < -0.39 is 28.7 Å². The summed E-state index contributed by atoms with van der Waals surface area (Å²) in [5.41, 5.74) is 6.58. The molecular formula is C52H68ClN7O12. The number of aliphatic hydroxyl groups excluding tert-OH is 1. The second-order valence-corrected chi connectivity index (χ2v) is 18.1. The van der Waals surface area contributed by atoms with E-state index in [-0.39, 0.29) is 46.5 Å². The number of nitrogens with one attached hydrogen (secondary N) is 3. The van der Waals surface area contributed by atoms with Crippen LogP contribution in [0.15, 0.2) is 106 Å². The molecule has 3 aromatic carbocycles. The third-order valence-electron chi connectivity index (χ3n) is 10.8. The number of benzene rings is 3. The number of hydroxylamine groups is 1.